The Morgan fingerprint density at radius 2 is 2.12 bits per heavy atom. The summed E-state index contributed by atoms with van der Waals surface area (Å²) in [5.74, 6) is -0.659. The van der Waals surface area contributed by atoms with E-state index >= 15 is 0 Å². The van der Waals surface area contributed by atoms with Crippen LogP contribution >= 0.6 is 11.3 Å². The highest BCUT2D eigenvalue weighted by Gasteiger charge is 2.32. The van der Waals surface area contributed by atoms with Gasteiger partial charge in [-0.3, -0.25) is 4.79 Å². The van der Waals surface area contributed by atoms with Crippen molar-refractivity contribution in [1.29, 1.82) is 0 Å². The van der Waals surface area contributed by atoms with E-state index in [1.165, 1.54) is 23.6 Å². The molecule has 0 bridgehead atoms. The van der Waals surface area contributed by atoms with Gasteiger partial charge in [0.15, 0.2) is 6.61 Å². The molecule has 1 aromatic heterocycles. The summed E-state index contributed by atoms with van der Waals surface area (Å²) in [6.07, 6.45) is -4.41. The largest absolute Gasteiger partial charge is 0.482 e. The van der Waals surface area contributed by atoms with Crippen LogP contribution in [-0.2, 0) is 22.3 Å². The van der Waals surface area contributed by atoms with Crippen molar-refractivity contribution < 1.29 is 32.2 Å². The maximum absolute atomic E-state index is 12.5. The minimum atomic E-state index is -4.41. The van der Waals surface area contributed by atoms with Crippen molar-refractivity contribution in [3.8, 4) is 5.75 Å². The fourth-order valence-electron chi connectivity index (χ4n) is 2.03. The van der Waals surface area contributed by atoms with Crippen LogP contribution in [0, 0.1) is 0 Å². The second-order valence-corrected chi connectivity index (χ2v) is 5.85. The Morgan fingerprint density at radius 3 is 2.83 bits per heavy atom. The van der Waals surface area contributed by atoms with Gasteiger partial charge in [0.05, 0.1) is 11.3 Å². The molecular formula is C15H10F3NO4S. The topological polar surface area (TPSA) is 64.6 Å². The number of ether oxygens (including phenoxy) is 2. The van der Waals surface area contributed by atoms with Crippen molar-refractivity contribution in [2.75, 3.05) is 11.9 Å². The molecule has 24 heavy (non-hydrogen) atoms. The number of anilines is 1. The minimum Gasteiger partial charge on any atom is -0.482 e. The van der Waals surface area contributed by atoms with Gasteiger partial charge in [0, 0.05) is 5.56 Å². The van der Waals surface area contributed by atoms with Crippen LogP contribution in [0.4, 0.5) is 18.9 Å². The van der Waals surface area contributed by atoms with E-state index in [1.807, 2.05) is 0 Å². The van der Waals surface area contributed by atoms with E-state index in [2.05, 4.69) is 5.32 Å². The van der Waals surface area contributed by atoms with Crippen LogP contribution in [0.1, 0.15) is 20.8 Å². The van der Waals surface area contributed by atoms with E-state index in [-0.39, 0.29) is 30.2 Å². The van der Waals surface area contributed by atoms with Gasteiger partial charge < -0.3 is 14.8 Å². The quantitative estimate of drug-likeness (QED) is 0.855. The lowest BCUT2D eigenvalue weighted by atomic mass is 10.1. The van der Waals surface area contributed by atoms with Crippen LogP contribution < -0.4 is 10.1 Å². The van der Waals surface area contributed by atoms with Gasteiger partial charge in [-0.2, -0.15) is 13.2 Å². The Labute approximate surface area is 138 Å². The van der Waals surface area contributed by atoms with Crippen LogP contribution in [0.5, 0.6) is 5.75 Å². The van der Waals surface area contributed by atoms with Gasteiger partial charge in [-0.05, 0) is 29.6 Å². The fraction of sp³-hybridized carbons (Fsp3) is 0.200. The number of halogens is 3. The molecular weight excluding hydrogens is 347 g/mol. The highest BCUT2D eigenvalue weighted by Crippen LogP contribution is 2.34. The monoisotopic (exact) mass is 357 g/mol. The van der Waals surface area contributed by atoms with Gasteiger partial charge in [-0.15, -0.1) is 11.3 Å². The summed E-state index contributed by atoms with van der Waals surface area (Å²) in [6.45, 7) is -0.416. The second-order valence-electron chi connectivity index (χ2n) is 4.94. The molecule has 0 fully saturated rings. The zero-order chi connectivity index (χ0) is 17.3. The van der Waals surface area contributed by atoms with Crippen LogP contribution in [0.15, 0.2) is 29.6 Å². The molecule has 1 aliphatic heterocycles. The molecule has 0 aliphatic carbocycles. The number of alkyl halides is 3. The molecule has 0 saturated heterocycles. The van der Waals surface area contributed by atoms with E-state index in [9.17, 15) is 22.8 Å². The number of hydrogen-bond acceptors (Lipinski definition) is 5. The third-order valence-corrected chi connectivity index (χ3v) is 4.18. The number of benzene rings is 1. The number of carbonyl (C=O) groups is 2. The van der Waals surface area contributed by atoms with Gasteiger partial charge >= 0.3 is 12.1 Å². The van der Waals surface area contributed by atoms with Crippen LogP contribution in [0.3, 0.4) is 0 Å². The highest BCUT2D eigenvalue weighted by molar-refractivity contribution is 7.10. The van der Waals surface area contributed by atoms with E-state index < -0.39 is 17.0 Å². The van der Waals surface area contributed by atoms with E-state index in [4.69, 9.17) is 9.47 Å². The molecule has 0 spiro atoms. The standard InChI is InChI=1S/C15H10F3NO4S/c16-15(17,18)12-3-8(7-24-12)5-23-14(21)9-1-2-10-11(4-9)22-6-13(20)19-10/h1-4,7H,5-6H2,(H,19,20). The average Bonchev–Trinajstić information content (AvgIpc) is 3.01. The molecule has 1 aromatic carbocycles. The minimum absolute atomic E-state index is 0.152. The van der Waals surface area contributed by atoms with Crippen molar-refractivity contribution in [1.82, 2.24) is 0 Å². The molecule has 0 saturated carbocycles. The van der Waals surface area contributed by atoms with Gasteiger partial charge in [-0.1, -0.05) is 0 Å². The molecule has 0 unspecified atom stereocenters. The second kappa shape index (κ2) is 6.16. The van der Waals surface area contributed by atoms with E-state index in [0.717, 1.165) is 6.07 Å². The van der Waals surface area contributed by atoms with Gasteiger partial charge in [0.2, 0.25) is 0 Å². The first-order chi connectivity index (χ1) is 11.3. The lowest BCUT2D eigenvalue weighted by Gasteiger charge is -2.18. The van der Waals surface area contributed by atoms with Crippen molar-refractivity contribution in [3.63, 3.8) is 0 Å². The number of hydrogen-bond donors (Lipinski definition) is 1. The predicted octanol–water partition coefficient (Wildman–Crippen LogP) is 3.45. The number of nitrogens with one attached hydrogen (secondary N) is 1. The first kappa shape index (κ1) is 16.3. The summed E-state index contributed by atoms with van der Waals surface area (Å²) in [4.78, 5) is 22.4. The van der Waals surface area contributed by atoms with Crippen LogP contribution in [0.2, 0.25) is 0 Å². The Hall–Kier alpha value is -2.55. The molecule has 126 valence electrons. The SMILES string of the molecule is O=C1COc2cc(C(=O)OCc3csc(C(F)(F)F)c3)ccc2N1. The van der Waals surface area contributed by atoms with Crippen molar-refractivity contribution in [2.45, 2.75) is 12.8 Å². The summed E-state index contributed by atoms with van der Waals surface area (Å²) in [5.41, 5.74) is 0.883. The zero-order valence-corrected chi connectivity index (χ0v) is 12.8. The summed E-state index contributed by atoms with van der Waals surface area (Å²) in [6, 6.07) is 5.29. The number of thiophene rings is 1. The van der Waals surface area contributed by atoms with Crippen molar-refractivity contribution in [3.05, 3.63) is 45.6 Å². The summed E-state index contributed by atoms with van der Waals surface area (Å²) in [5, 5.41) is 3.87. The molecule has 2 aromatic rings. The lowest BCUT2D eigenvalue weighted by Crippen LogP contribution is -2.25. The average molecular weight is 357 g/mol. The Balaban J connectivity index is 1.65. The van der Waals surface area contributed by atoms with Gasteiger partial charge in [0.25, 0.3) is 5.91 Å². The maximum atomic E-state index is 12.5. The van der Waals surface area contributed by atoms with Crippen LogP contribution in [0.25, 0.3) is 0 Å². The van der Waals surface area contributed by atoms with E-state index in [0.29, 0.717) is 22.8 Å². The Bertz CT molecular complexity index is 800. The van der Waals surface area contributed by atoms with Crippen molar-refractivity contribution >= 4 is 28.9 Å². The number of amides is 1. The normalized spacial score (nSPS) is 13.7. The third-order valence-electron chi connectivity index (χ3n) is 3.15. The molecule has 1 N–H and O–H groups in total. The third kappa shape index (κ3) is 3.51. The first-order valence-electron chi connectivity index (χ1n) is 6.71. The predicted molar refractivity (Wildman–Crippen MR) is 79.0 cm³/mol. The molecule has 2 heterocycles. The summed E-state index contributed by atoms with van der Waals surface area (Å²) < 4.78 is 47.7. The number of fused-ring (bicyclic) bond motifs is 1. The molecule has 5 nitrogen and oxygen atoms in total. The number of carbonyl (C=O) groups excluding carboxylic acids is 2. The molecule has 0 atom stereocenters. The Morgan fingerprint density at radius 1 is 1.33 bits per heavy atom. The molecule has 0 radical (unpaired) electrons. The summed E-state index contributed by atoms with van der Waals surface area (Å²) in [7, 11) is 0. The summed E-state index contributed by atoms with van der Waals surface area (Å²) >= 11 is 0.546. The van der Waals surface area contributed by atoms with Gasteiger partial charge in [-0.25, -0.2) is 4.79 Å². The maximum Gasteiger partial charge on any atom is 0.425 e. The molecule has 3 rings (SSSR count). The fourth-order valence-corrected chi connectivity index (χ4v) is 2.80. The zero-order valence-electron chi connectivity index (χ0n) is 12.0. The van der Waals surface area contributed by atoms with Crippen molar-refractivity contribution in [2.24, 2.45) is 0 Å². The van der Waals surface area contributed by atoms with Gasteiger partial charge in [0.1, 0.15) is 17.2 Å². The number of esters is 1. The lowest BCUT2D eigenvalue weighted by molar-refractivity contribution is -0.134. The molecule has 1 aliphatic rings. The molecule has 9 heteroatoms. The number of rotatable bonds is 3. The van der Waals surface area contributed by atoms with Crippen LogP contribution in [-0.4, -0.2) is 18.5 Å². The Kier molecular flexibility index (Phi) is 4.18. The highest BCUT2D eigenvalue weighted by atomic mass is 32.1. The molecule has 1 amide bonds. The smallest absolute Gasteiger partial charge is 0.425 e. The van der Waals surface area contributed by atoms with E-state index in [1.54, 1.807) is 0 Å². The first-order valence-corrected chi connectivity index (χ1v) is 7.59.